The first-order valence-corrected chi connectivity index (χ1v) is 3.48. The third-order valence-corrected chi connectivity index (χ3v) is 1.41. The Labute approximate surface area is 69.1 Å². The van der Waals surface area contributed by atoms with Gasteiger partial charge in [0.1, 0.15) is 0 Å². The van der Waals surface area contributed by atoms with Gasteiger partial charge in [0.25, 0.3) is 0 Å². The van der Waals surface area contributed by atoms with Gasteiger partial charge in [-0.3, -0.25) is 0 Å². The molecule has 0 aromatic carbocycles. The second-order valence-corrected chi connectivity index (χ2v) is 3.50. The number of nitrogens with zero attached hydrogens (tertiary/aromatic N) is 3. The van der Waals surface area contributed by atoms with Crippen LogP contribution < -0.4 is 0 Å². The first-order valence-electron chi connectivity index (χ1n) is 3.48. The maximum absolute atomic E-state index is 10.4. The number of aromatic nitrogens is 3. The van der Waals surface area contributed by atoms with E-state index in [4.69, 9.17) is 0 Å². The number of nitrogens with one attached hydrogen (secondary N) is 1. The highest BCUT2D eigenvalue weighted by Crippen LogP contribution is 2.26. The van der Waals surface area contributed by atoms with Crippen molar-refractivity contribution in [1.82, 2.24) is 15.4 Å². The molecule has 1 aromatic heterocycles. The van der Waals surface area contributed by atoms with E-state index in [1.54, 1.807) is 0 Å². The quantitative estimate of drug-likeness (QED) is 0.503. The smallest absolute Gasteiger partial charge is 0.358 e. The van der Waals surface area contributed by atoms with Crippen molar-refractivity contribution >= 4 is 5.82 Å². The minimum Gasteiger partial charge on any atom is -0.358 e. The second kappa shape index (κ2) is 2.54. The highest BCUT2D eigenvalue weighted by Gasteiger charge is 2.29. The SMILES string of the molecule is CC(C)(C)c1n[nH]nc1[N+](=O)[O-]. The van der Waals surface area contributed by atoms with E-state index in [1.165, 1.54) is 0 Å². The molecule has 66 valence electrons. The first-order chi connectivity index (χ1) is 5.43. The van der Waals surface area contributed by atoms with Gasteiger partial charge in [-0.1, -0.05) is 20.8 Å². The van der Waals surface area contributed by atoms with Crippen LogP contribution in [0.3, 0.4) is 0 Å². The molecule has 1 heterocycles. The average Bonchev–Trinajstić information content (AvgIpc) is 2.30. The zero-order chi connectivity index (χ0) is 9.35. The van der Waals surface area contributed by atoms with Gasteiger partial charge in [-0.2, -0.15) is 0 Å². The minimum atomic E-state index is -0.538. The van der Waals surface area contributed by atoms with Crippen molar-refractivity contribution in [2.45, 2.75) is 26.2 Å². The molecule has 0 aliphatic rings. The molecule has 0 saturated heterocycles. The zero-order valence-corrected chi connectivity index (χ0v) is 7.16. The minimum absolute atomic E-state index is 0.192. The van der Waals surface area contributed by atoms with Crippen LogP contribution in [0.5, 0.6) is 0 Å². The van der Waals surface area contributed by atoms with E-state index in [9.17, 15) is 10.1 Å². The molecular weight excluding hydrogens is 160 g/mol. The Morgan fingerprint density at radius 3 is 2.33 bits per heavy atom. The van der Waals surface area contributed by atoms with Gasteiger partial charge in [0.05, 0.1) is 5.10 Å². The molecule has 0 radical (unpaired) electrons. The average molecular weight is 170 g/mol. The molecule has 0 aliphatic heterocycles. The molecule has 0 saturated carbocycles. The Bertz CT molecular complexity index is 299. The van der Waals surface area contributed by atoms with Crippen LogP contribution in [0.15, 0.2) is 0 Å². The van der Waals surface area contributed by atoms with Gasteiger partial charge in [-0.05, 0) is 4.92 Å². The predicted molar refractivity (Wildman–Crippen MR) is 41.7 cm³/mol. The summed E-state index contributed by atoms with van der Waals surface area (Å²) in [4.78, 5) is 9.87. The maximum Gasteiger partial charge on any atom is 0.413 e. The molecule has 1 rings (SSSR count). The van der Waals surface area contributed by atoms with Crippen LogP contribution >= 0.6 is 0 Å². The van der Waals surface area contributed by atoms with Crippen molar-refractivity contribution in [3.05, 3.63) is 15.8 Å². The van der Waals surface area contributed by atoms with Crippen molar-refractivity contribution in [2.75, 3.05) is 0 Å². The molecule has 0 amide bonds. The van der Waals surface area contributed by atoms with Gasteiger partial charge >= 0.3 is 5.82 Å². The summed E-state index contributed by atoms with van der Waals surface area (Å²) in [5.41, 5.74) is 0.0302. The van der Waals surface area contributed by atoms with E-state index in [0.29, 0.717) is 5.69 Å². The summed E-state index contributed by atoms with van der Waals surface area (Å²) >= 11 is 0. The lowest BCUT2D eigenvalue weighted by molar-refractivity contribution is -0.390. The number of rotatable bonds is 1. The molecule has 0 aliphatic carbocycles. The summed E-state index contributed by atoms with van der Waals surface area (Å²) in [7, 11) is 0. The van der Waals surface area contributed by atoms with Crippen LogP contribution in [-0.4, -0.2) is 20.3 Å². The molecule has 6 nitrogen and oxygen atoms in total. The topological polar surface area (TPSA) is 84.7 Å². The monoisotopic (exact) mass is 170 g/mol. The number of hydrogen-bond donors (Lipinski definition) is 1. The van der Waals surface area contributed by atoms with Crippen LogP contribution in [0.25, 0.3) is 0 Å². The molecule has 0 unspecified atom stereocenters. The predicted octanol–water partition coefficient (Wildman–Crippen LogP) is 1.01. The van der Waals surface area contributed by atoms with Gasteiger partial charge in [0.2, 0.25) is 0 Å². The molecule has 1 aromatic rings. The number of nitro groups is 1. The fourth-order valence-electron chi connectivity index (χ4n) is 0.856. The summed E-state index contributed by atoms with van der Waals surface area (Å²) in [6.45, 7) is 5.54. The van der Waals surface area contributed by atoms with Crippen molar-refractivity contribution in [2.24, 2.45) is 0 Å². The van der Waals surface area contributed by atoms with E-state index >= 15 is 0 Å². The molecule has 0 atom stereocenters. The summed E-state index contributed by atoms with van der Waals surface area (Å²) in [5, 5.41) is 19.8. The van der Waals surface area contributed by atoms with Gasteiger partial charge in [0, 0.05) is 5.41 Å². The molecule has 1 N–H and O–H groups in total. The fraction of sp³-hybridized carbons (Fsp3) is 0.667. The Hall–Kier alpha value is -1.46. The molecule has 0 fully saturated rings. The maximum atomic E-state index is 10.4. The van der Waals surface area contributed by atoms with E-state index < -0.39 is 4.92 Å². The van der Waals surface area contributed by atoms with Gasteiger partial charge < -0.3 is 10.1 Å². The van der Waals surface area contributed by atoms with E-state index in [0.717, 1.165) is 0 Å². The van der Waals surface area contributed by atoms with E-state index in [-0.39, 0.29) is 11.2 Å². The second-order valence-electron chi connectivity index (χ2n) is 3.50. The molecule has 6 heteroatoms. The van der Waals surface area contributed by atoms with Gasteiger partial charge in [0.15, 0.2) is 5.69 Å². The van der Waals surface area contributed by atoms with Crippen molar-refractivity contribution < 1.29 is 4.92 Å². The number of hydrogen-bond acceptors (Lipinski definition) is 4. The molecule has 0 bridgehead atoms. The van der Waals surface area contributed by atoms with E-state index in [2.05, 4.69) is 15.4 Å². The Balaban J connectivity index is 3.17. The van der Waals surface area contributed by atoms with E-state index in [1.807, 2.05) is 20.8 Å². The molecular formula is C6H10N4O2. The van der Waals surface area contributed by atoms with Gasteiger partial charge in [-0.15, -0.1) is 10.3 Å². The summed E-state index contributed by atoms with van der Waals surface area (Å²) in [6, 6.07) is 0. The lowest BCUT2D eigenvalue weighted by Crippen LogP contribution is -2.13. The number of aromatic amines is 1. The Morgan fingerprint density at radius 2 is 2.00 bits per heavy atom. The highest BCUT2D eigenvalue weighted by atomic mass is 16.6. The summed E-state index contributed by atoms with van der Waals surface area (Å²) in [5.74, 6) is -0.192. The van der Waals surface area contributed by atoms with Crippen LogP contribution in [0, 0.1) is 10.1 Å². The zero-order valence-electron chi connectivity index (χ0n) is 7.16. The van der Waals surface area contributed by atoms with Crippen molar-refractivity contribution in [1.29, 1.82) is 0 Å². The fourth-order valence-corrected chi connectivity index (χ4v) is 0.856. The molecule has 0 spiro atoms. The van der Waals surface area contributed by atoms with Crippen molar-refractivity contribution in [3.8, 4) is 0 Å². The number of H-pyrrole nitrogens is 1. The van der Waals surface area contributed by atoms with Crippen LogP contribution in [0.4, 0.5) is 5.82 Å². The lowest BCUT2D eigenvalue weighted by Gasteiger charge is -2.12. The normalized spacial score (nSPS) is 11.6. The lowest BCUT2D eigenvalue weighted by atomic mass is 9.92. The van der Waals surface area contributed by atoms with Crippen LogP contribution in [0.1, 0.15) is 26.5 Å². The third-order valence-electron chi connectivity index (χ3n) is 1.41. The standard InChI is InChI=1S/C6H10N4O2/c1-6(2,3)4-5(10(11)12)8-9-7-4/h1-3H3,(H,7,8,9). The Morgan fingerprint density at radius 1 is 1.42 bits per heavy atom. The first kappa shape index (κ1) is 8.63. The highest BCUT2D eigenvalue weighted by molar-refractivity contribution is 5.29. The summed E-state index contributed by atoms with van der Waals surface area (Å²) < 4.78 is 0. The summed E-state index contributed by atoms with van der Waals surface area (Å²) in [6.07, 6.45) is 0. The van der Waals surface area contributed by atoms with Gasteiger partial charge in [-0.25, -0.2) is 0 Å². The largest absolute Gasteiger partial charge is 0.413 e. The Kier molecular flexibility index (Phi) is 1.83. The van der Waals surface area contributed by atoms with Crippen LogP contribution in [0.2, 0.25) is 0 Å². The van der Waals surface area contributed by atoms with Crippen LogP contribution in [-0.2, 0) is 5.41 Å². The van der Waals surface area contributed by atoms with Crippen molar-refractivity contribution in [3.63, 3.8) is 0 Å². The molecule has 12 heavy (non-hydrogen) atoms. The third kappa shape index (κ3) is 1.41.